The number of ether oxygens (including phenoxy) is 1. The number of carbonyl (C=O) groups is 1. The van der Waals surface area contributed by atoms with Gasteiger partial charge >= 0.3 is 0 Å². The number of nitrogens with one attached hydrogen (secondary N) is 2. The zero-order valence-corrected chi connectivity index (χ0v) is 17.6. The summed E-state index contributed by atoms with van der Waals surface area (Å²) in [5.41, 5.74) is 2.40. The average molecular weight is 395 g/mol. The molecular weight excluding hydrogens is 360 g/mol. The molecule has 5 heteroatoms. The first-order valence-electron chi connectivity index (χ1n) is 10.2. The summed E-state index contributed by atoms with van der Waals surface area (Å²) >= 11 is 0. The highest BCUT2D eigenvalue weighted by molar-refractivity contribution is 5.85. The van der Waals surface area contributed by atoms with Gasteiger partial charge in [-0.3, -0.25) is 4.79 Å². The molecule has 1 saturated heterocycles. The van der Waals surface area contributed by atoms with Crippen molar-refractivity contribution in [2.75, 3.05) is 33.4 Å². The van der Waals surface area contributed by atoms with Gasteiger partial charge < -0.3 is 15.4 Å². The van der Waals surface area contributed by atoms with Crippen LogP contribution in [0, 0.1) is 12.3 Å². The average Bonchev–Trinajstić information content (AvgIpc) is 2.68. The van der Waals surface area contributed by atoms with Crippen LogP contribution in [0.2, 0.25) is 0 Å². The Morgan fingerprint density at radius 2 is 1.85 bits per heavy atom. The van der Waals surface area contributed by atoms with Gasteiger partial charge in [0, 0.05) is 19.1 Å². The highest BCUT2D eigenvalue weighted by Crippen LogP contribution is 2.40. The van der Waals surface area contributed by atoms with Gasteiger partial charge in [0.25, 0.3) is 0 Å². The lowest BCUT2D eigenvalue weighted by Gasteiger charge is -2.41. The maximum Gasteiger partial charge on any atom is 0.228 e. The minimum absolute atomic E-state index is 0. The first-order valence-corrected chi connectivity index (χ1v) is 10.2. The fourth-order valence-electron chi connectivity index (χ4n) is 4.83. The third-order valence-corrected chi connectivity index (χ3v) is 6.49. The van der Waals surface area contributed by atoms with Crippen LogP contribution in [0.5, 0.6) is 0 Å². The molecule has 1 amide bonds. The van der Waals surface area contributed by atoms with E-state index in [0.717, 1.165) is 45.3 Å². The number of methoxy groups -OCH3 is 1. The normalized spacial score (nSPS) is 21.1. The molecule has 0 bridgehead atoms. The first-order chi connectivity index (χ1) is 12.6. The summed E-state index contributed by atoms with van der Waals surface area (Å²) in [6, 6.07) is 8.87. The van der Waals surface area contributed by atoms with E-state index in [2.05, 4.69) is 41.8 Å². The van der Waals surface area contributed by atoms with E-state index >= 15 is 0 Å². The Morgan fingerprint density at radius 1 is 1.15 bits per heavy atom. The molecule has 0 radical (unpaired) electrons. The van der Waals surface area contributed by atoms with Crippen LogP contribution in [0.4, 0.5) is 0 Å². The van der Waals surface area contributed by atoms with Crippen molar-refractivity contribution >= 4 is 18.3 Å². The predicted octanol–water partition coefficient (Wildman–Crippen LogP) is 3.75. The van der Waals surface area contributed by atoms with E-state index in [1.165, 1.54) is 30.4 Å². The number of piperidine rings is 1. The van der Waals surface area contributed by atoms with Crippen LogP contribution in [-0.4, -0.2) is 39.3 Å². The van der Waals surface area contributed by atoms with Crippen molar-refractivity contribution < 1.29 is 9.53 Å². The first kappa shape index (κ1) is 22.2. The molecule has 4 nitrogen and oxygen atoms in total. The standard InChI is InChI=1S/C22H34N2O2.ClH/c1-18-7-6-8-19(15-18)21(9-4-3-5-10-21)16-24-20(25)22(17-26-2)11-13-23-14-12-22;/h6-8,15,23H,3-5,9-14,16-17H2,1-2H3,(H,24,25);1H. The second kappa shape index (κ2) is 9.90. The third-order valence-electron chi connectivity index (χ3n) is 6.49. The van der Waals surface area contributed by atoms with Gasteiger partial charge in [-0.15, -0.1) is 12.4 Å². The van der Waals surface area contributed by atoms with E-state index in [1.54, 1.807) is 7.11 Å². The van der Waals surface area contributed by atoms with Gasteiger partial charge in [0.15, 0.2) is 0 Å². The van der Waals surface area contributed by atoms with Crippen LogP contribution < -0.4 is 10.6 Å². The molecule has 1 aromatic carbocycles. The molecule has 1 aliphatic carbocycles. The molecule has 1 saturated carbocycles. The Bertz CT molecular complexity index is 603. The Balaban J connectivity index is 0.00000261. The summed E-state index contributed by atoms with van der Waals surface area (Å²) in [5, 5.41) is 6.72. The van der Waals surface area contributed by atoms with Gasteiger partial charge in [-0.2, -0.15) is 0 Å². The van der Waals surface area contributed by atoms with E-state index in [4.69, 9.17) is 4.74 Å². The maximum atomic E-state index is 13.2. The molecule has 2 fully saturated rings. The van der Waals surface area contributed by atoms with Gasteiger partial charge in [-0.1, -0.05) is 49.1 Å². The van der Waals surface area contributed by atoms with E-state index < -0.39 is 0 Å². The van der Waals surface area contributed by atoms with Gasteiger partial charge in [-0.05, 0) is 51.3 Å². The lowest BCUT2D eigenvalue weighted by atomic mass is 9.69. The van der Waals surface area contributed by atoms with Crippen molar-refractivity contribution in [2.24, 2.45) is 5.41 Å². The van der Waals surface area contributed by atoms with E-state index in [0.29, 0.717) is 6.61 Å². The molecule has 2 aliphatic rings. The molecule has 1 aliphatic heterocycles. The van der Waals surface area contributed by atoms with Gasteiger partial charge in [0.1, 0.15) is 0 Å². The maximum absolute atomic E-state index is 13.2. The largest absolute Gasteiger partial charge is 0.384 e. The summed E-state index contributed by atoms with van der Waals surface area (Å²) in [6.07, 6.45) is 7.83. The molecule has 27 heavy (non-hydrogen) atoms. The van der Waals surface area contributed by atoms with Crippen LogP contribution in [0.25, 0.3) is 0 Å². The third kappa shape index (κ3) is 5.04. The van der Waals surface area contributed by atoms with Crippen molar-refractivity contribution in [1.29, 1.82) is 0 Å². The summed E-state index contributed by atoms with van der Waals surface area (Å²) in [6.45, 7) is 5.19. The molecule has 1 aromatic rings. The summed E-state index contributed by atoms with van der Waals surface area (Å²) < 4.78 is 5.43. The van der Waals surface area contributed by atoms with Gasteiger partial charge in [0.2, 0.25) is 5.91 Å². The topological polar surface area (TPSA) is 50.4 Å². The Morgan fingerprint density at radius 3 is 2.48 bits per heavy atom. The van der Waals surface area contributed by atoms with Crippen molar-refractivity contribution in [3.63, 3.8) is 0 Å². The van der Waals surface area contributed by atoms with Crippen LogP contribution in [0.15, 0.2) is 24.3 Å². The second-order valence-electron chi connectivity index (χ2n) is 8.36. The van der Waals surface area contributed by atoms with Crippen LogP contribution in [0.1, 0.15) is 56.1 Å². The number of aryl methyl sites for hydroxylation is 1. The Labute approximate surface area is 170 Å². The molecule has 0 aromatic heterocycles. The highest BCUT2D eigenvalue weighted by Gasteiger charge is 2.41. The summed E-state index contributed by atoms with van der Waals surface area (Å²) in [4.78, 5) is 13.2. The lowest BCUT2D eigenvalue weighted by molar-refractivity contribution is -0.136. The van der Waals surface area contributed by atoms with E-state index in [1.807, 2.05) is 0 Å². The lowest BCUT2D eigenvalue weighted by Crippen LogP contribution is -2.53. The van der Waals surface area contributed by atoms with Crippen molar-refractivity contribution in [3.05, 3.63) is 35.4 Å². The molecule has 3 rings (SSSR count). The number of rotatable bonds is 6. The Kier molecular flexibility index (Phi) is 8.14. The zero-order valence-electron chi connectivity index (χ0n) is 16.8. The number of amides is 1. The molecule has 2 N–H and O–H groups in total. The predicted molar refractivity (Wildman–Crippen MR) is 113 cm³/mol. The fraction of sp³-hybridized carbons (Fsp3) is 0.682. The van der Waals surface area contributed by atoms with Gasteiger partial charge in [-0.25, -0.2) is 0 Å². The molecule has 152 valence electrons. The zero-order chi connectivity index (χ0) is 18.5. The molecule has 0 unspecified atom stereocenters. The van der Waals surface area contributed by atoms with Crippen LogP contribution >= 0.6 is 12.4 Å². The van der Waals surface area contributed by atoms with Crippen molar-refractivity contribution in [2.45, 2.75) is 57.3 Å². The van der Waals surface area contributed by atoms with Crippen LogP contribution in [0.3, 0.4) is 0 Å². The summed E-state index contributed by atoms with van der Waals surface area (Å²) in [5.74, 6) is 0.179. The number of benzene rings is 1. The quantitative estimate of drug-likeness (QED) is 0.772. The smallest absolute Gasteiger partial charge is 0.228 e. The Hall–Kier alpha value is -1.10. The number of halogens is 1. The monoisotopic (exact) mass is 394 g/mol. The molecule has 1 heterocycles. The SMILES string of the molecule is COCC1(C(=O)NCC2(c3cccc(C)c3)CCCCC2)CCNCC1.Cl. The minimum Gasteiger partial charge on any atom is -0.384 e. The van der Waals surface area contributed by atoms with Crippen LogP contribution in [-0.2, 0) is 14.9 Å². The van der Waals surface area contributed by atoms with E-state index in [-0.39, 0.29) is 29.1 Å². The molecular formula is C22H35ClN2O2. The van der Waals surface area contributed by atoms with Gasteiger partial charge in [0.05, 0.1) is 12.0 Å². The minimum atomic E-state index is -0.373. The molecule has 0 spiro atoms. The number of hydrogen-bond donors (Lipinski definition) is 2. The van der Waals surface area contributed by atoms with Crippen molar-refractivity contribution in [1.82, 2.24) is 10.6 Å². The van der Waals surface area contributed by atoms with E-state index in [9.17, 15) is 4.79 Å². The number of hydrogen-bond acceptors (Lipinski definition) is 3. The number of carbonyl (C=O) groups excluding carboxylic acids is 1. The highest BCUT2D eigenvalue weighted by atomic mass is 35.5. The summed E-state index contributed by atoms with van der Waals surface area (Å²) in [7, 11) is 1.70. The fourth-order valence-corrected chi connectivity index (χ4v) is 4.83. The second-order valence-corrected chi connectivity index (χ2v) is 8.36. The molecule has 0 atom stereocenters. The van der Waals surface area contributed by atoms with Crippen molar-refractivity contribution in [3.8, 4) is 0 Å².